The highest BCUT2D eigenvalue weighted by atomic mass is 19.1. The van der Waals surface area contributed by atoms with Crippen molar-refractivity contribution in [1.82, 2.24) is 5.32 Å². The van der Waals surface area contributed by atoms with Crippen LogP contribution in [-0.2, 0) is 4.74 Å². The van der Waals surface area contributed by atoms with Crippen LogP contribution in [0.15, 0.2) is 48.5 Å². The van der Waals surface area contributed by atoms with Crippen LogP contribution < -0.4 is 15.4 Å². The van der Waals surface area contributed by atoms with Crippen molar-refractivity contribution in [1.29, 1.82) is 0 Å². The Morgan fingerprint density at radius 3 is 2.62 bits per heavy atom. The second kappa shape index (κ2) is 7.31. The van der Waals surface area contributed by atoms with Gasteiger partial charge in [-0.3, -0.25) is 0 Å². The van der Waals surface area contributed by atoms with Gasteiger partial charge in [0.25, 0.3) is 0 Å². The number of benzene rings is 2. The van der Waals surface area contributed by atoms with Gasteiger partial charge in [0, 0.05) is 5.92 Å². The number of rotatable bonds is 4. The van der Waals surface area contributed by atoms with Crippen molar-refractivity contribution in [3.8, 4) is 5.75 Å². The van der Waals surface area contributed by atoms with E-state index in [9.17, 15) is 9.18 Å². The van der Waals surface area contributed by atoms with Gasteiger partial charge in [0.15, 0.2) is 0 Å². The maximum absolute atomic E-state index is 13.6. The second-order valence-corrected chi connectivity index (χ2v) is 5.60. The number of para-hydroxylation sites is 1. The third kappa shape index (κ3) is 3.65. The molecule has 0 radical (unpaired) electrons. The average molecular weight is 330 g/mol. The van der Waals surface area contributed by atoms with Gasteiger partial charge in [-0.15, -0.1) is 0 Å². The molecule has 0 aliphatic carbocycles. The molecule has 5 nitrogen and oxygen atoms in total. The molecule has 0 aromatic heterocycles. The summed E-state index contributed by atoms with van der Waals surface area (Å²) in [6.45, 7) is 0.943. The third-order valence-electron chi connectivity index (χ3n) is 4.06. The normalized spacial score (nSPS) is 19.8. The predicted octanol–water partition coefficient (Wildman–Crippen LogP) is 3.14. The molecule has 2 aromatic rings. The maximum Gasteiger partial charge on any atom is 0.319 e. The van der Waals surface area contributed by atoms with Gasteiger partial charge in [-0.1, -0.05) is 24.3 Å². The van der Waals surface area contributed by atoms with Crippen LogP contribution in [0.2, 0.25) is 0 Å². The Morgan fingerprint density at radius 1 is 1.17 bits per heavy atom. The standard InChI is InChI=1S/C18H19FN2O3/c1-23-13-8-6-12(7-9-13)14-10-24-11-17(14)21-18(22)20-16-5-3-2-4-15(16)19/h2-9,14,17H,10-11H2,1H3,(H2,20,21,22)/t14-,17-/m0/s1. The van der Waals surface area contributed by atoms with E-state index in [0.29, 0.717) is 13.2 Å². The minimum atomic E-state index is -0.470. The summed E-state index contributed by atoms with van der Waals surface area (Å²) in [7, 11) is 1.62. The average Bonchev–Trinajstić information content (AvgIpc) is 3.05. The minimum absolute atomic E-state index is 0.0438. The number of nitrogens with one attached hydrogen (secondary N) is 2. The molecule has 24 heavy (non-hydrogen) atoms. The quantitative estimate of drug-likeness (QED) is 0.905. The lowest BCUT2D eigenvalue weighted by Crippen LogP contribution is -2.41. The van der Waals surface area contributed by atoms with Crippen molar-refractivity contribution in [2.45, 2.75) is 12.0 Å². The summed E-state index contributed by atoms with van der Waals surface area (Å²) in [5.41, 5.74) is 1.21. The number of hydrogen-bond donors (Lipinski definition) is 2. The lowest BCUT2D eigenvalue weighted by Gasteiger charge is -2.20. The molecule has 126 valence electrons. The predicted molar refractivity (Wildman–Crippen MR) is 88.9 cm³/mol. The number of urea groups is 1. The number of ether oxygens (including phenoxy) is 2. The SMILES string of the molecule is COc1ccc([C@@H]2COC[C@@H]2NC(=O)Nc2ccccc2F)cc1. The number of carbonyl (C=O) groups is 1. The van der Waals surface area contributed by atoms with Crippen LogP contribution in [0.1, 0.15) is 11.5 Å². The van der Waals surface area contributed by atoms with E-state index < -0.39 is 11.8 Å². The summed E-state index contributed by atoms with van der Waals surface area (Å²) in [5, 5.41) is 5.39. The molecule has 6 heteroatoms. The van der Waals surface area contributed by atoms with Crippen LogP contribution in [-0.4, -0.2) is 32.4 Å². The molecule has 1 aliphatic rings. The fourth-order valence-corrected chi connectivity index (χ4v) is 2.77. The maximum atomic E-state index is 13.6. The lowest BCUT2D eigenvalue weighted by atomic mass is 9.94. The number of hydrogen-bond acceptors (Lipinski definition) is 3. The van der Waals surface area contributed by atoms with Gasteiger partial charge in [0.2, 0.25) is 0 Å². The van der Waals surface area contributed by atoms with E-state index in [0.717, 1.165) is 11.3 Å². The fraction of sp³-hybridized carbons (Fsp3) is 0.278. The highest BCUT2D eigenvalue weighted by molar-refractivity contribution is 5.89. The van der Waals surface area contributed by atoms with Crippen molar-refractivity contribution in [2.24, 2.45) is 0 Å². The number of methoxy groups -OCH3 is 1. The molecule has 3 rings (SSSR count). The first-order chi connectivity index (χ1) is 11.7. The number of carbonyl (C=O) groups excluding carboxylic acids is 1. The molecule has 0 saturated carbocycles. The molecular weight excluding hydrogens is 311 g/mol. The van der Waals surface area contributed by atoms with E-state index in [-0.39, 0.29) is 17.6 Å². The highest BCUT2D eigenvalue weighted by Gasteiger charge is 2.31. The molecule has 0 unspecified atom stereocenters. The summed E-state index contributed by atoms with van der Waals surface area (Å²) in [6, 6.07) is 13.1. The van der Waals surface area contributed by atoms with Gasteiger partial charge < -0.3 is 20.1 Å². The van der Waals surface area contributed by atoms with E-state index in [2.05, 4.69) is 10.6 Å². The minimum Gasteiger partial charge on any atom is -0.497 e. The molecule has 1 heterocycles. The molecule has 0 spiro atoms. The van der Waals surface area contributed by atoms with Gasteiger partial charge in [0.1, 0.15) is 11.6 Å². The van der Waals surface area contributed by atoms with E-state index in [1.165, 1.54) is 12.1 Å². The largest absolute Gasteiger partial charge is 0.497 e. The Hall–Kier alpha value is -2.60. The topological polar surface area (TPSA) is 59.6 Å². The molecule has 1 aliphatic heterocycles. The highest BCUT2D eigenvalue weighted by Crippen LogP contribution is 2.27. The molecule has 1 fully saturated rings. The van der Waals surface area contributed by atoms with Crippen molar-refractivity contribution in [2.75, 3.05) is 25.6 Å². The Morgan fingerprint density at radius 2 is 1.92 bits per heavy atom. The first kappa shape index (κ1) is 16.3. The van der Waals surface area contributed by atoms with E-state index >= 15 is 0 Å². The zero-order valence-corrected chi connectivity index (χ0v) is 13.3. The van der Waals surface area contributed by atoms with Gasteiger partial charge in [-0.25, -0.2) is 9.18 Å². The van der Waals surface area contributed by atoms with Crippen LogP contribution >= 0.6 is 0 Å². The number of halogens is 1. The Kier molecular flexibility index (Phi) is 4.96. The molecule has 2 atom stereocenters. The van der Waals surface area contributed by atoms with Gasteiger partial charge >= 0.3 is 6.03 Å². The van der Waals surface area contributed by atoms with Gasteiger partial charge in [-0.05, 0) is 29.8 Å². The second-order valence-electron chi connectivity index (χ2n) is 5.60. The molecular formula is C18H19FN2O3. The van der Waals surface area contributed by atoms with Crippen molar-refractivity contribution in [3.63, 3.8) is 0 Å². The summed E-state index contributed by atoms with van der Waals surface area (Å²) in [5.74, 6) is 0.351. The number of anilines is 1. The molecule has 2 amide bonds. The zero-order valence-electron chi connectivity index (χ0n) is 13.3. The van der Waals surface area contributed by atoms with E-state index in [1.54, 1.807) is 19.2 Å². The van der Waals surface area contributed by atoms with Crippen molar-refractivity contribution >= 4 is 11.7 Å². The molecule has 2 aromatic carbocycles. The van der Waals surface area contributed by atoms with E-state index in [4.69, 9.17) is 9.47 Å². The first-order valence-corrected chi connectivity index (χ1v) is 7.71. The Balaban J connectivity index is 1.65. The van der Waals surface area contributed by atoms with E-state index in [1.807, 2.05) is 24.3 Å². The Bertz CT molecular complexity index is 706. The summed E-state index contributed by atoms with van der Waals surface area (Å²) in [4.78, 5) is 12.1. The lowest BCUT2D eigenvalue weighted by molar-refractivity contribution is 0.187. The molecule has 1 saturated heterocycles. The van der Waals surface area contributed by atoms with Crippen LogP contribution in [0.5, 0.6) is 5.75 Å². The van der Waals surface area contributed by atoms with Crippen molar-refractivity contribution < 1.29 is 18.7 Å². The number of amides is 2. The third-order valence-corrected chi connectivity index (χ3v) is 4.06. The smallest absolute Gasteiger partial charge is 0.319 e. The van der Waals surface area contributed by atoms with Crippen LogP contribution in [0.3, 0.4) is 0 Å². The fourth-order valence-electron chi connectivity index (χ4n) is 2.77. The van der Waals surface area contributed by atoms with Crippen LogP contribution in [0.25, 0.3) is 0 Å². The van der Waals surface area contributed by atoms with Crippen molar-refractivity contribution in [3.05, 3.63) is 59.9 Å². The molecule has 2 N–H and O–H groups in total. The van der Waals surface area contributed by atoms with Crippen LogP contribution in [0, 0.1) is 5.82 Å². The first-order valence-electron chi connectivity index (χ1n) is 7.71. The monoisotopic (exact) mass is 330 g/mol. The molecule has 0 bridgehead atoms. The summed E-state index contributed by atoms with van der Waals surface area (Å²) < 4.78 is 24.3. The summed E-state index contributed by atoms with van der Waals surface area (Å²) >= 11 is 0. The van der Waals surface area contributed by atoms with Gasteiger partial charge in [0.05, 0.1) is 32.1 Å². The Labute approximate surface area is 139 Å². The summed E-state index contributed by atoms with van der Waals surface area (Å²) in [6.07, 6.45) is 0. The van der Waals surface area contributed by atoms with Crippen LogP contribution in [0.4, 0.5) is 14.9 Å². The van der Waals surface area contributed by atoms with Gasteiger partial charge in [-0.2, -0.15) is 0 Å². The zero-order chi connectivity index (χ0) is 16.9.